The maximum atomic E-state index is 5.61. The highest BCUT2D eigenvalue weighted by Crippen LogP contribution is 2.30. The Labute approximate surface area is 79.0 Å². The van der Waals surface area contributed by atoms with Gasteiger partial charge in [0.1, 0.15) is 11.9 Å². The minimum atomic E-state index is 0.329. The molecule has 1 aromatic carbocycles. The first-order valence-electron chi connectivity index (χ1n) is 4.62. The molecule has 1 heteroatoms. The van der Waals surface area contributed by atoms with Gasteiger partial charge in [0.2, 0.25) is 0 Å². The van der Waals surface area contributed by atoms with E-state index in [1.165, 1.54) is 11.1 Å². The van der Waals surface area contributed by atoms with E-state index in [1.54, 1.807) is 0 Å². The van der Waals surface area contributed by atoms with Gasteiger partial charge < -0.3 is 4.74 Å². The van der Waals surface area contributed by atoms with Gasteiger partial charge in [0.15, 0.2) is 0 Å². The lowest BCUT2D eigenvalue weighted by atomic mass is 10.0. The third-order valence-corrected chi connectivity index (χ3v) is 2.39. The highest BCUT2D eigenvalue weighted by Gasteiger charge is 2.18. The van der Waals surface area contributed by atoms with Crippen LogP contribution in [0.4, 0.5) is 0 Å². The molecule has 0 aliphatic carbocycles. The van der Waals surface area contributed by atoms with Gasteiger partial charge in [-0.15, -0.1) is 0 Å². The molecule has 0 spiro atoms. The zero-order valence-corrected chi connectivity index (χ0v) is 8.13. The zero-order chi connectivity index (χ0) is 9.42. The van der Waals surface area contributed by atoms with E-state index in [9.17, 15) is 0 Å². The van der Waals surface area contributed by atoms with Gasteiger partial charge in [-0.1, -0.05) is 18.2 Å². The van der Waals surface area contributed by atoms with Crippen LogP contribution in [0.3, 0.4) is 0 Å². The first-order chi connectivity index (χ1) is 6.16. The molecule has 0 aromatic heterocycles. The molecule has 1 nitrogen and oxygen atoms in total. The van der Waals surface area contributed by atoms with Crippen LogP contribution in [-0.2, 0) is 6.42 Å². The van der Waals surface area contributed by atoms with Crippen LogP contribution in [0.25, 0.3) is 5.57 Å². The predicted octanol–water partition coefficient (Wildman–Crippen LogP) is 3.04. The standard InChI is InChI=1S/C12H14O/c1-8(2)10-4-5-12-11(7-10)6-9(3)13-12/h4-5,7,9H,1,6H2,2-3H3. The third kappa shape index (κ3) is 1.46. The molecule has 0 fully saturated rings. The maximum Gasteiger partial charge on any atom is 0.123 e. The van der Waals surface area contributed by atoms with Crippen molar-refractivity contribution in [3.8, 4) is 5.75 Å². The topological polar surface area (TPSA) is 9.23 Å². The highest BCUT2D eigenvalue weighted by atomic mass is 16.5. The van der Waals surface area contributed by atoms with Crippen LogP contribution in [0.2, 0.25) is 0 Å². The zero-order valence-electron chi connectivity index (χ0n) is 8.13. The fraction of sp³-hybridized carbons (Fsp3) is 0.333. The van der Waals surface area contributed by atoms with Crippen molar-refractivity contribution >= 4 is 5.57 Å². The molecule has 1 atom stereocenters. The Bertz CT molecular complexity index is 352. The lowest BCUT2D eigenvalue weighted by molar-refractivity contribution is 0.254. The number of ether oxygens (including phenoxy) is 1. The van der Waals surface area contributed by atoms with Crippen molar-refractivity contribution in [2.24, 2.45) is 0 Å². The Kier molecular flexibility index (Phi) is 1.87. The minimum Gasteiger partial charge on any atom is -0.490 e. The molecule has 1 aliphatic rings. The summed E-state index contributed by atoms with van der Waals surface area (Å²) in [6.07, 6.45) is 1.35. The van der Waals surface area contributed by atoms with Gasteiger partial charge in [-0.3, -0.25) is 0 Å². The molecule has 1 aromatic rings. The third-order valence-electron chi connectivity index (χ3n) is 2.39. The molecule has 0 saturated carbocycles. The number of benzene rings is 1. The fourth-order valence-corrected chi connectivity index (χ4v) is 1.69. The second kappa shape index (κ2) is 2.91. The summed E-state index contributed by atoms with van der Waals surface area (Å²) in [7, 11) is 0. The number of fused-ring (bicyclic) bond motifs is 1. The largest absolute Gasteiger partial charge is 0.490 e. The normalized spacial score (nSPS) is 19.4. The van der Waals surface area contributed by atoms with Crippen LogP contribution >= 0.6 is 0 Å². The maximum absolute atomic E-state index is 5.61. The summed E-state index contributed by atoms with van der Waals surface area (Å²) in [6.45, 7) is 8.06. The van der Waals surface area contributed by atoms with Crippen LogP contribution in [-0.4, -0.2) is 6.10 Å². The average molecular weight is 174 g/mol. The van der Waals surface area contributed by atoms with Crippen molar-refractivity contribution in [1.82, 2.24) is 0 Å². The van der Waals surface area contributed by atoms with Gasteiger partial charge >= 0.3 is 0 Å². The summed E-state index contributed by atoms with van der Waals surface area (Å²) in [4.78, 5) is 0. The van der Waals surface area contributed by atoms with Gasteiger partial charge in [-0.25, -0.2) is 0 Å². The smallest absolute Gasteiger partial charge is 0.123 e. The Hall–Kier alpha value is -1.24. The SMILES string of the molecule is C=C(C)c1ccc2c(c1)CC(C)O2. The molecule has 68 valence electrons. The lowest BCUT2D eigenvalue weighted by Crippen LogP contribution is -2.05. The van der Waals surface area contributed by atoms with E-state index >= 15 is 0 Å². The van der Waals surface area contributed by atoms with E-state index < -0.39 is 0 Å². The van der Waals surface area contributed by atoms with Crippen LogP contribution in [0.1, 0.15) is 25.0 Å². The number of hydrogen-bond donors (Lipinski definition) is 0. The molecule has 0 saturated heterocycles. The van der Waals surface area contributed by atoms with Gasteiger partial charge in [0, 0.05) is 6.42 Å². The van der Waals surface area contributed by atoms with Crippen molar-refractivity contribution < 1.29 is 4.74 Å². The molecule has 0 amide bonds. The Morgan fingerprint density at radius 2 is 2.31 bits per heavy atom. The van der Waals surface area contributed by atoms with E-state index in [4.69, 9.17) is 4.74 Å². The molecule has 0 bridgehead atoms. The first-order valence-corrected chi connectivity index (χ1v) is 4.62. The van der Waals surface area contributed by atoms with E-state index in [2.05, 4.69) is 25.6 Å². The van der Waals surface area contributed by atoms with E-state index in [0.29, 0.717) is 6.10 Å². The lowest BCUT2D eigenvalue weighted by Gasteiger charge is -2.03. The fourth-order valence-electron chi connectivity index (χ4n) is 1.69. The summed E-state index contributed by atoms with van der Waals surface area (Å²) in [5, 5.41) is 0. The van der Waals surface area contributed by atoms with E-state index in [-0.39, 0.29) is 0 Å². The molecular weight excluding hydrogens is 160 g/mol. The first kappa shape index (κ1) is 8.36. The average Bonchev–Trinajstić information content (AvgIpc) is 2.42. The van der Waals surface area contributed by atoms with Crippen LogP contribution in [0.15, 0.2) is 24.8 Å². The van der Waals surface area contributed by atoms with Crippen LogP contribution in [0.5, 0.6) is 5.75 Å². The van der Waals surface area contributed by atoms with Crippen molar-refractivity contribution in [2.75, 3.05) is 0 Å². The summed E-state index contributed by atoms with van der Waals surface area (Å²) in [6, 6.07) is 6.29. The molecule has 1 unspecified atom stereocenters. The van der Waals surface area contributed by atoms with E-state index in [1.807, 2.05) is 13.0 Å². The van der Waals surface area contributed by atoms with Gasteiger partial charge in [0.05, 0.1) is 0 Å². The van der Waals surface area contributed by atoms with E-state index in [0.717, 1.165) is 17.7 Å². The number of allylic oxidation sites excluding steroid dienone is 1. The van der Waals surface area contributed by atoms with Gasteiger partial charge in [-0.2, -0.15) is 0 Å². The second-order valence-electron chi connectivity index (χ2n) is 3.74. The molecule has 2 rings (SSSR count). The number of hydrogen-bond acceptors (Lipinski definition) is 1. The molecule has 1 aliphatic heterocycles. The molecule has 1 heterocycles. The summed E-state index contributed by atoms with van der Waals surface area (Å²) < 4.78 is 5.61. The molecule has 0 radical (unpaired) electrons. The molecular formula is C12H14O. The van der Waals surface area contributed by atoms with Gasteiger partial charge in [-0.05, 0) is 37.1 Å². The molecule has 13 heavy (non-hydrogen) atoms. The molecule has 0 N–H and O–H groups in total. The summed E-state index contributed by atoms with van der Waals surface area (Å²) >= 11 is 0. The monoisotopic (exact) mass is 174 g/mol. The van der Waals surface area contributed by atoms with Gasteiger partial charge in [0.25, 0.3) is 0 Å². The van der Waals surface area contributed by atoms with Crippen molar-refractivity contribution in [3.05, 3.63) is 35.9 Å². The Balaban J connectivity index is 2.40. The van der Waals surface area contributed by atoms with Crippen molar-refractivity contribution in [1.29, 1.82) is 0 Å². The summed E-state index contributed by atoms with van der Waals surface area (Å²) in [5.41, 5.74) is 3.65. The van der Waals surface area contributed by atoms with Crippen LogP contribution < -0.4 is 4.74 Å². The van der Waals surface area contributed by atoms with Crippen LogP contribution in [0, 0.1) is 0 Å². The van der Waals surface area contributed by atoms with Crippen molar-refractivity contribution in [2.45, 2.75) is 26.4 Å². The Morgan fingerprint density at radius 1 is 1.54 bits per heavy atom. The Morgan fingerprint density at radius 3 is 3.00 bits per heavy atom. The number of rotatable bonds is 1. The quantitative estimate of drug-likeness (QED) is 0.635. The predicted molar refractivity (Wildman–Crippen MR) is 54.9 cm³/mol. The van der Waals surface area contributed by atoms with Crippen molar-refractivity contribution in [3.63, 3.8) is 0 Å². The second-order valence-corrected chi connectivity index (χ2v) is 3.74. The summed E-state index contributed by atoms with van der Waals surface area (Å²) in [5.74, 6) is 1.04. The highest BCUT2D eigenvalue weighted by molar-refractivity contribution is 5.63. The minimum absolute atomic E-state index is 0.329.